The van der Waals surface area contributed by atoms with Gasteiger partial charge in [-0.2, -0.15) is 4.98 Å². The Morgan fingerprint density at radius 1 is 1.24 bits per heavy atom. The summed E-state index contributed by atoms with van der Waals surface area (Å²) in [7, 11) is 0. The quantitative estimate of drug-likeness (QED) is 0.390. The van der Waals surface area contributed by atoms with E-state index in [4.69, 9.17) is 9.97 Å². The zero-order chi connectivity index (χ0) is 23.7. The van der Waals surface area contributed by atoms with Crippen LogP contribution in [0.4, 0.5) is 10.8 Å². The average Bonchev–Trinajstić information content (AvgIpc) is 3.19. The van der Waals surface area contributed by atoms with Crippen molar-refractivity contribution < 1.29 is 4.79 Å². The summed E-state index contributed by atoms with van der Waals surface area (Å²) < 4.78 is 2.26. The molecule has 1 N–H and O–H groups in total. The van der Waals surface area contributed by atoms with E-state index in [1.165, 1.54) is 23.1 Å². The highest BCUT2D eigenvalue weighted by Gasteiger charge is 2.23. The lowest BCUT2D eigenvalue weighted by Gasteiger charge is -2.29. The summed E-state index contributed by atoms with van der Waals surface area (Å²) >= 11 is 2.71. The van der Waals surface area contributed by atoms with Crippen LogP contribution in [-0.4, -0.2) is 39.3 Å². The Kier molecular flexibility index (Phi) is 7.09. The van der Waals surface area contributed by atoms with Gasteiger partial charge in [0, 0.05) is 24.8 Å². The topological polar surface area (TPSA) is 80.1 Å². The summed E-state index contributed by atoms with van der Waals surface area (Å²) in [6.07, 6.45) is 2.27. The minimum atomic E-state index is -0.127. The maximum absolute atomic E-state index is 13.3. The van der Waals surface area contributed by atoms with Crippen LogP contribution in [0.25, 0.3) is 10.3 Å². The van der Waals surface area contributed by atoms with E-state index in [0.717, 1.165) is 53.8 Å². The van der Waals surface area contributed by atoms with Crippen molar-refractivity contribution >= 4 is 50.2 Å². The number of anilines is 2. The summed E-state index contributed by atoms with van der Waals surface area (Å²) in [4.78, 5) is 37.6. The van der Waals surface area contributed by atoms with Crippen molar-refractivity contribution in [1.29, 1.82) is 0 Å². The molecule has 1 aliphatic heterocycles. The predicted octanol–water partition coefficient (Wildman–Crippen LogP) is 5.02. The molecule has 3 heterocycles. The first-order chi connectivity index (χ1) is 15.7. The van der Waals surface area contributed by atoms with Gasteiger partial charge in [-0.3, -0.25) is 14.2 Å². The second-order valence-corrected chi connectivity index (χ2v) is 11.1. The van der Waals surface area contributed by atoms with Crippen molar-refractivity contribution in [2.24, 2.45) is 5.92 Å². The molecule has 1 amide bonds. The van der Waals surface area contributed by atoms with Gasteiger partial charge in [0.1, 0.15) is 4.70 Å². The molecule has 1 saturated heterocycles. The second kappa shape index (κ2) is 9.85. The van der Waals surface area contributed by atoms with E-state index in [1.54, 1.807) is 4.57 Å². The monoisotopic (exact) mass is 485 g/mol. The molecule has 176 valence electrons. The fraction of sp³-hybridized carbons (Fsp3) is 0.500. The zero-order valence-electron chi connectivity index (χ0n) is 19.8. The summed E-state index contributed by atoms with van der Waals surface area (Å²) in [5.41, 5.74) is 3.37. The zero-order valence-corrected chi connectivity index (χ0v) is 21.5. The number of aryl methyl sites for hydroxylation is 2. The SMILES string of the molecule is Cc1ccc(NC(=O)CSc2nc3nc(N4CCC(C)CC4)sc3c(=O)n2C(C)C)c(C)c1. The van der Waals surface area contributed by atoms with Crippen LogP contribution in [0.2, 0.25) is 0 Å². The van der Waals surface area contributed by atoms with Crippen LogP contribution in [0.3, 0.4) is 0 Å². The average molecular weight is 486 g/mol. The van der Waals surface area contributed by atoms with Gasteiger partial charge in [-0.1, -0.05) is 47.7 Å². The van der Waals surface area contributed by atoms with Gasteiger partial charge in [0.15, 0.2) is 15.9 Å². The van der Waals surface area contributed by atoms with Gasteiger partial charge in [0.05, 0.1) is 5.75 Å². The number of amides is 1. The summed E-state index contributed by atoms with van der Waals surface area (Å²) in [5.74, 6) is 0.765. The molecular formula is C24H31N5O2S2. The Morgan fingerprint density at radius 3 is 2.64 bits per heavy atom. The third-order valence-corrected chi connectivity index (χ3v) is 8.02. The third-order valence-electron chi connectivity index (χ3n) is 5.98. The molecule has 1 aromatic carbocycles. The van der Waals surface area contributed by atoms with E-state index in [2.05, 4.69) is 17.1 Å². The molecule has 2 aromatic heterocycles. The van der Waals surface area contributed by atoms with Crippen LogP contribution in [0, 0.1) is 19.8 Å². The standard InChI is InChI=1S/C24H31N5O2S2/c1-14(2)29-22(31)20-21(26-23(33-20)28-10-8-15(3)9-11-28)27-24(29)32-13-19(30)25-18-7-6-16(4)12-17(18)5/h6-7,12,14-15H,8-11,13H2,1-5H3,(H,25,30). The summed E-state index contributed by atoms with van der Waals surface area (Å²) in [6, 6.07) is 5.86. The molecule has 0 unspecified atom stereocenters. The lowest BCUT2D eigenvalue weighted by atomic mass is 10.00. The van der Waals surface area contributed by atoms with Crippen molar-refractivity contribution in [2.75, 3.05) is 29.1 Å². The van der Waals surface area contributed by atoms with E-state index in [1.807, 2.05) is 45.9 Å². The predicted molar refractivity (Wildman–Crippen MR) is 138 cm³/mol. The maximum atomic E-state index is 13.3. The molecular weight excluding hydrogens is 454 g/mol. The van der Waals surface area contributed by atoms with E-state index < -0.39 is 0 Å². The van der Waals surface area contributed by atoms with Crippen molar-refractivity contribution in [3.8, 4) is 0 Å². The van der Waals surface area contributed by atoms with Crippen molar-refractivity contribution in [3.63, 3.8) is 0 Å². The minimum absolute atomic E-state index is 0.0688. The molecule has 7 nitrogen and oxygen atoms in total. The van der Waals surface area contributed by atoms with Gasteiger partial charge in [-0.15, -0.1) is 0 Å². The van der Waals surface area contributed by atoms with Crippen LogP contribution in [0.15, 0.2) is 28.2 Å². The van der Waals surface area contributed by atoms with Gasteiger partial charge < -0.3 is 10.2 Å². The van der Waals surface area contributed by atoms with Gasteiger partial charge in [0.2, 0.25) is 5.91 Å². The molecule has 33 heavy (non-hydrogen) atoms. The Bertz CT molecular complexity index is 1230. The highest BCUT2D eigenvalue weighted by molar-refractivity contribution is 7.99. The number of benzene rings is 1. The van der Waals surface area contributed by atoms with Crippen LogP contribution >= 0.6 is 23.1 Å². The highest BCUT2D eigenvalue weighted by atomic mass is 32.2. The minimum Gasteiger partial charge on any atom is -0.348 e. The third kappa shape index (κ3) is 5.24. The first kappa shape index (κ1) is 23.8. The van der Waals surface area contributed by atoms with Gasteiger partial charge in [-0.25, -0.2) is 4.98 Å². The van der Waals surface area contributed by atoms with E-state index >= 15 is 0 Å². The molecule has 0 atom stereocenters. The van der Waals surface area contributed by atoms with E-state index in [-0.39, 0.29) is 23.3 Å². The summed E-state index contributed by atoms with van der Waals surface area (Å²) in [6.45, 7) is 12.1. The van der Waals surface area contributed by atoms with Crippen LogP contribution < -0.4 is 15.8 Å². The number of fused-ring (bicyclic) bond motifs is 1. The van der Waals surface area contributed by atoms with Gasteiger partial charge in [0.25, 0.3) is 5.56 Å². The Labute approximate surface area is 202 Å². The molecule has 0 aliphatic carbocycles. The number of rotatable bonds is 6. The smallest absolute Gasteiger partial charge is 0.274 e. The molecule has 4 rings (SSSR count). The fourth-order valence-electron chi connectivity index (χ4n) is 4.02. The number of aromatic nitrogens is 3. The maximum Gasteiger partial charge on any atom is 0.274 e. The largest absolute Gasteiger partial charge is 0.348 e. The van der Waals surface area contributed by atoms with Crippen molar-refractivity contribution in [1.82, 2.24) is 14.5 Å². The number of nitrogens with one attached hydrogen (secondary N) is 1. The lowest BCUT2D eigenvalue weighted by molar-refractivity contribution is -0.113. The number of thioether (sulfide) groups is 1. The molecule has 1 fully saturated rings. The van der Waals surface area contributed by atoms with Gasteiger partial charge in [-0.05, 0) is 58.1 Å². The van der Waals surface area contributed by atoms with Crippen molar-refractivity contribution in [3.05, 3.63) is 39.7 Å². The fourth-order valence-corrected chi connectivity index (χ4v) is 5.93. The molecule has 0 spiro atoms. The molecule has 9 heteroatoms. The van der Waals surface area contributed by atoms with Crippen molar-refractivity contribution in [2.45, 2.75) is 58.7 Å². The molecule has 0 saturated carbocycles. The number of thiazole rings is 1. The normalized spacial score (nSPS) is 14.9. The van der Waals surface area contributed by atoms with Crippen LogP contribution in [0.5, 0.6) is 0 Å². The second-order valence-electron chi connectivity index (χ2n) is 9.14. The Balaban J connectivity index is 1.56. The Morgan fingerprint density at radius 2 is 1.97 bits per heavy atom. The van der Waals surface area contributed by atoms with Gasteiger partial charge >= 0.3 is 0 Å². The number of hydrogen-bond donors (Lipinski definition) is 1. The van der Waals surface area contributed by atoms with E-state index in [9.17, 15) is 9.59 Å². The summed E-state index contributed by atoms with van der Waals surface area (Å²) in [5, 5.41) is 4.36. The van der Waals surface area contributed by atoms with Crippen LogP contribution in [-0.2, 0) is 4.79 Å². The van der Waals surface area contributed by atoms with E-state index in [0.29, 0.717) is 15.5 Å². The number of nitrogens with zero attached hydrogens (tertiary/aromatic N) is 4. The highest BCUT2D eigenvalue weighted by Crippen LogP contribution is 2.31. The first-order valence-corrected chi connectivity index (χ1v) is 13.2. The molecule has 3 aromatic rings. The number of carbonyl (C=O) groups is 1. The molecule has 0 bridgehead atoms. The van der Waals surface area contributed by atoms with Crippen LogP contribution in [0.1, 0.15) is 50.8 Å². The number of carbonyl (C=O) groups excluding carboxylic acids is 1. The Hall–Kier alpha value is -2.39. The lowest BCUT2D eigenvalue weighted by Crippen LogP contribution is -2.32. The molecule has 1 aliphatic rings. The molecule has 0 radical (unpaired) electrons. The first-order valence-electron chi connectivity index (χ1n) is 11.4. The number of hydrogen-bond acceptors (Lipinski definition) is 7. The number of piperidine rings is 1.